The molecule has 8 heteroatoms. The average molecular weight is 485 g/mol. The zero-order chi connectivity index (χ0) is 18.4. The van der Waals surface area contributed by atoms with Crippen molar-refractivity contribution in [2.24, 2.45) is 10.9 Å². The van der Waals surface area contributed by atoms with Crippen LogP contribution in [-0.4, -0.2) is 44.5 Å². The Morgan fingerprint density at radius 3 is 2.44 bits per heavy atom. The Morgan fingerprint density at radius 2 is 1.85 bits per heavy atom. The first-order valence-electron chi connectivity index (χ1n) is 9.29. The van der Waals surface area contributed by atoms with E-state index >= 15 is 0 Å². The van der Waals surface area contributed by atoms with Crippen LogP contribution in [-0.2, 0) is 16.1 Å². The van der Waals surface area contributed by atoms with Gasteiger partial charge in [-0.25, -0.2) is 0 Å². The summed E-state index contributed by atoms with van der Waals surface area (Å²) in [7, 11) is 1.72. The number of benzene rings is 1. The van der Waals surface area contributed by atoms with Crippen LogP contribution in [0.3, 0.4) is 0 Å². The normalized spacial score (nSPS) is 16.7. The lowest BCUT2D eigenvalue weighted by Crippen LogP contribution is -2.41. The van der Waals surface area contributed by atoms with E-state index in [2.05, 4.69) is 20.9 Å². The Kier molecular flexibility index (Phi) is 8.33. The molecule has 1 aliphatic heterocycles. The van der Waals surface area contributed by atoms with Crippen LogP contribution >= 0.6 is 24.0 Å². The molecule has 1 aromatic carbocycles. The second kappa shape index (κ2) is 10.5. The molecule has 27 heavy (non-hydrogen) atoms. The van der Waals surface area contributed by atoms with Gasteiger partial charge in [0.2, 0.25) is 11.8 Å². The molecule has 0 radical (unpaired) electrons. The molecule has 1 saturated heterocycles. The van der Waals surface area contributed by atoms with Gasteiger partial charge in [-0.2, -0.15) is 0 Å². The van der Waals surface area contributed by atoms with Gasteiger partial charge >= 0.3 is 0 Å². The van der Waals surface area contributed by atoms with Crippen molar-refractivity contribution in [3.63, 3.8) is 0 Å². The lowest BCUT2D eigenvalue weighted by atomic mass is 10.2. The van der Waals surface area contributed by atoms with Gasteiger partial charge in [-0.3, -0.25) is 14.6 Å². The predicted octanol–water partition coefficient (Wildman–Crippen LogP) is 1.62. The van der Waals surface area contributed by atoms with E-state index in [4.69, 9.17) is 0 Å². The molecule has 1 heterocycles. The predicted molar refractivity (Wildman–Crippen MR) is 117 cm³/mol. The highest BCUT2D eigenvalue weighted by Crippen LogP contribution is 2.28. The van der Waals surface area contributed by atoms with Gasteiger partial charge in [-0.1, -0.05) is 12.1 Å². The fourth-order valence-electron chi connectivity index (χ4n) is 2.98. The molecule has 3 rings (SSSR count). The zero-order valence-corrected chi connectivity index (χ0v) is 18.0. The van der Waals surface area contributed by atoms with Gasteiger partial charge in [-0.15, -0.1) is 24.0 Å². The zero-order valence-electron chi connectivity index (χ0n) is 15.7. The maximum Gasteiger partial charge on any atom is 0.227 e. The molecular formula is C19H28IN5O2. The molecule has 0 unspecified atom stereocenters. The lowest BCUT2D eigenvalue weighted by Gasteiger charge is -2.16. The summed E-state index contributed by atoms with van der Waals surface area (Å²) >= 11 is 0. The summed E-state index contributed by atoms with van der Waals surface area (Å²) in [5, 5.41) is 9.36. The van der Waals surface area contributed by atoms with E-state index in [0.717, 1.165) is 37.1 Å². The Labute approximate surface area is 177 Å². The molecule has 2 fully saturated rings. The molecule has 1 aromatic rings. The number of carbonyl (C=O) groups excluding carboxylic acids is 2. The van der Waals surface area contributed by atoms with Gasteiger partial charge in [0.1, 0.15) is 0 Å². The van der Waals surface area contributed by atoms with Crippen molar-refractivity contribution in [2.75, 3.05) is 31.6 Å². The average Bonchev–Trinajstić information content (AvgIpc) is 3.43. The van der Waals surface area contributed by atoms with Gasteiger partial charge in [0.25, 0.3) is 0 Å². The second-order valence-electron chi connectivity index (χ2n) is 6.73. The molecule has 0 aromatic heterocycles. The topological polar surface area (TPSA) is 85.8 Å². The number of carbonyl (C=O) groups is 2. The minimum Gasteiger partial charge on any atom is -0.355 e. The highest BCUT2D eigenvalue weighted by Gasteiger charge is 2.29. The SMILES string of the molecule is CN=C(NCCNC(=O)C1CC1)NCc1ccc(N2CCCC2=O)cc1.I. The quantitative estimate of drug-likeness (QED) is 0.237. The third-order valence-corrected chi connectivity index (χ3v) is 4.67. The Bertz CT molecular complexity index is 673. The summed E-state index contributed by atoms with van der Waals surface area (Å²) in [5.41, 5.74) is 2.08. The third kappa shape index (κ3) is 6.37. The maximum atomic E-state index is 11.8. The third-order valence-electron chi connectivity index (χ3n) is 4.67. The van der Waals surface area contributed by atoms with Gasteiger partial charge in [0.15, 0.2) is 5.96 Å². The molecule has 1 saturated carbocycles. The number of halogens is 1. The van der Waals surface area contributed by atoms with Gasteiger partial charge in [0, 0.05) is 51.3 Å². The number of aliphatic imine (C=N–C) groups is 1. The van der Waals surface area contributed by atoms with Crippen molar-refractivity contribution < 1.29 is 9.59 Å². The first kappa shape index (κ1) is 21.5. The molecule has 2 aliphatic rings. The molecule has 0 bridgehead atoms. The number of hydrogen-bond acceptors (Lipinski definition) is 3. The van der Waals surface area contributed by atoms with E-state index in [0.29, 0.717) is 32.0 Å². The van der Waals surface area contributed by atoms with Crippen molar-refractivity contribution in [2.45, 2.75) is 32.2 Å². The Balaban J connectivity index is 0.00000261. The number of nitrogens with zero attached hydrogens (tertiary/aromatic N) is 2. The minimum absolute atomic E-state index is 0. The molecule has 7 nitrogen and oxygen atoms in total. The van der Waals surface area contributed by atoms with Gasteiger partial charge in [0.05, 0.1) is 0 Å². The molecule has 0 atom stereocenters. The van der Waals surface area contributed by atoms with Crippen LogP contribution in [0.25, 0.3) is 0 Å². The number of nitrogens with one attached hydrogen (secondary N) is 3. The van der Waals surface area contributed by atoms with Crippen LogP contribution in [0.2, 0.25) is 0 Å². The Morgan fingerprint density at radius 1 is 1.15 bits per heavy atom. The molecule has 0 spiro atoms. The van der Waals surface area contributed by atoms with Crippen molar-refractivity contribution in [3.05, 3.63) is 29.8 Å². The lowest BCUT2D eigenvalue weighted by molar-refractivity contribution is -0.122. The highest BCUT2D eigenvalue weighted by atomic mass is 127. The summed E-state index contributed by atoms with van der Waals surface area (Å²) in [4.78, 5) is 29.4. The van der Waals surface area contributed by atoms with Crippen molar-refractivity contribution >= 4 is 47.4 Å². The summed E-state index contributed by atoms with van der Waals surface area (Å²) in [5.74, 6) is 1.30. The summed E-state index contributed by atoms with van der Waals surface area (Å²) in [6.45, 7) is 2.68. The van der Waals surface area contributed by atoms with E-state index in [-0.39, 0.29) is 41.7 Å². The smallest absolute Gasteiger partial charge is 0.227 e. The minimum atomic E-state index is 0. The highest BCUT2D eigenvalue weighted by molar-refractivity contribution is 14.0. The fraction of sp³-hybridized carbons (Fsp3) is 0.526. The van der Waals surface area contributed by atoms with Gasteiger partial charge in [-0.05, 0) is 37.0 Å². The first-order valence-corrected chi connectivity index (χ1v) is 9.29. The maximum absolute atomic E-state index is 11.8. The van der Waals surface area contributed by atoms with Crippen molar-refractivity contribution in [3.8, 4) is 0 Å². The van der Waals surface area contributed by atoms with Crippen molar-refractivity contribution in [1.82, 2.24) is 16.0 Å². The van der Waals surface area contributed by atoms with E-state index in [1.807, 2.05) is 29.2 Å². The summed E-state index contributed by atoms with van der Waals surface area (Å²) < 4.78 is 0. The monoisotopic (exact) mass is 485 g/mol. The van der Waals surface area contributed by atoms with E-state index in [1.54, 1.807) is 7.05 Å². The van der Waals surface area contributed by atoms with Gasteiger partial charge < -0.3 is 20.9 Å². The molecule has 3 N–H and O–H groups in total. The number of amides is 2. The standard InChI is InChI=1S/C19H27N5O2.HI/c1-20-19(22-11-10-21-18(26)15-6-7-15)23-13-14-4-8-16(9-5-14)24-12-2-3-17(24)25;/h4-5,8-9,15H,2-3,6-7,10-13H2,1H3,(H,21,26)(H2,20,22,23);1H. The number of guanidine groups is 1. The number of anilines is 1. The number of rotatable bonds is 7. The molecule has 148 valence electrons. The summed E-state index contributed by atoms with van der Waals surface area (Å²) in [6, 6.07) is 8.03. The van der Waals surface area contributed by atoms with Crippen LogP contribution < -0.4 is 20.9 Å². The van der Waals surface area contributed by atoms with Crippen molar-refractivity contribution in [1.29, 1.82) is 0 Å². The fourth-order valence-corrected chi connectivity index (χ4v) is 2.98. The first-order chi connectivity index (χ1) is 12.7. The van der Waals surface area contributed by atoms with E-state index in [9.17, 15) is 9.59 Å². The molecule has 1 aliphatic carbocycles. The van der Waals surface area contributed by atoms with E-state index < -0.39 is 0 Å². The van der Waals surface area contributed by atoms with Crippen LogP contribution in [0.1, 0.15) is 31.2 Å². The Hall–Kier alpha value is -1.84. The van der Waals surface area contributed by atoms with Crippen LogP contribution in [0.5, 0.6) is 0 Å². The summed E-state index contributed by atoms with van der Waals surface area (Å²) in [6.07, 6.45) is 3.62. The van der Waals surface area contributed by atoms with Crippen LogP contribution in [0.15, 0.2) is 29.3 Å². The molecule has 2 amide bonds. The van der Waals surface area contributed by atoms with E-state index in [1.165, 1.54) is 0 Å². The number of hydrogen-bond donors (Lipinski definition) is 3. The van der Waals surface area contributed by atoms with Crippen LogP contribution in [0, 0.1) is 5.92 Å². The molecular weight excluding hydrogens is 457 g/mol. The van der Waals surface area contributed by atoms with Crippen LogP contribution in [0.4, 0.5) is 5.69 Å². The second-order valence-corrected chi connectivity index (χ2v) is 6.73. The largest absolute Gasteiger partial charge is 0.355 e.